The summed E-state index contributed by atoms with van der Waals surface area (Å²) in [5.74, 6) is 0. The number of allylic oxidation sites excluding steroid dienone is 1. The van der Waals surface area contributed by atoms with E-state index in [1.54, 1.807) is 0 Å². The van der Waals surface area contributed by atoms with Crippen LogP contribution in [0.25, 0.3) is 0 Å². The summed E-state index contributed by atoms with van der Waals surface area (Å²) in [7, 11) is 0. The van der Waals surface area contributed by atoms with Crippen LogP contribution in [0.15, 0.2) is 30.4 Å². The van der Waals surface area contributed by atoms with E-state index < -0.39 is 0 Å². The Labute approximate surface area is 81.3 Å². The quantitative estimate of drug-likeness (QED) is 0.613. The average molecular weight is 174 g/mol. The van der Waals surface area contributed by atoms with Crippen molar-refractivity contribution < 1.29 is 0 Å². The van der Waals surface area contributed by atoms with E-state index in [4.69, 9.17) is 0 Å². The summed E-state index contributed by atoms with van der Waals surface area (Å²) in [4.78, 5) is 0. The van der Waals surface area contributed by atoms with Crippen molar-refractivity contribution in [1.29, 1.82) is 0 Å². The van der Waals surface area contributed by atoms with Gasteiger partial charge in [-0.15, -0.1) is 0 Å². The van der Waals surface area contributed by atoms with Crippen LogP contribution in [0, 0.1) is 6.92 Å². The molecule has 0 aliphatic heterocycles. The van der Waals surface area contributed by atoms with E-state index in [9.17, 15) is 0 Å². The Hall–Kier alpha value is -1.04. The zero-order valence-corrected chi connectivity index (χ0v) is 8.85. The molecule has 0 saturated heterocycles. The van der Waals surface area contributed by atoms with Crippen LogP contribution in [-0.2, 0) is 12.8 Å². The molecule has 0 heteroatoms. The number of rotatable bonds is 3. The van der Waals surface area contributed by atoms with Gasteiger partial charge in [-0.2, -0.15) is 0 Å². The third-order valence-electron chi connectivity index (χ3n) is 2.37. The molecule has 0 radical (unpaired) electrons. The van der Waals surface area contributed by atoms with Gasteiger partial charge in [-0.25, -0.2) is 0 Å². The van der Waals surface area contributed by atoms with Crippen molar-refractivity contribution >= 4 is 0 Å². The van der Waals surface area contributed by atoms with Crippen LogP contribution in [0.5, 0.6) is 0 Å². The van der Waals surface area contributed by atoms with Gasteiger partial charge in [0.2, 0.25) is 0 Å². The molecule has 0 amide bonds. The normalized spacial score (nSPS) is 10.1. The lowest BCUT2D eigenvalue weighted by Gasteiger charge is -2.10. The average Bonchev–Trinajstić information content (AvgIpc) is 2.08. The molecule has 0 bridgehead atoms. The molecule has 0 nitrogen and oxygen atoms in total. The van der Waals surface area contributed by atoms with Gasteiger partial charge in [0.25, 0.3) is 0 Å². The highest BCUT2D eigenvalue weighted by Gasteiger charge is 2.03. The fraction of sp³-hybridized carbons (Fsp3) is 0.385. The molecule has 0 spiro atoms. The lowest BCUT2D eigenvalue weighted by Crippen LogP contribution is -1.96. The topological polar surface area (TPSA) is 0 Å². The van der Waals surface area contributed by atoms with Crippen molar-refractivity contribution in [3.05, 3.63) is 47.0 Å². The Morgan fingerprint density at radius 3 is 2.62 bits per heavy atom. The molecule has 1 aromatic carbocycles. The van der Waals surface area contributed by atoms with E-state index in [0.717, 1.165) is 12.8 Å². The van der Waals surface area contributed by atoms with E-state index in [1.165, 1.54) is 22.3 Å². The first-order valence-corrected chi connectivity index (χ1v) is 4.87. The fourth-order valence-corrected chi connectivity index (χ4v) is 1.65. The van der Waals surface area contributed by atoms with Crippen LogP contribution in [0.4, 0.5) is 0 Å². The summed E-state index contributed by atoms with van der Waals surface area (Å²) in [6.45, 7) is 10.4. The lowest BCUT2D eigenvalue weighted by atomic mass is 9.95. The number of hydrogen-bond donors (Lipinski definition) is 0. The van der Waals surface area contributed by atoms with E-state index in [0.29, 0.717) is 0 Å². The molecular formula is C13H18. The summed E-state index contributed by atoms with van der Waals surface area (Å²) >= 11 is 0. The molecule has 0 unspecified atom stereocenters. The summed E-state index contributed by atoms with van der Waals surface area (Å²) in [6.07, 6.45) is 2.14. The monoisotopic (exact) mass is 174 g/mol. The second-order valence-corrected chi connectivity index (χ2v) is 3.70. The fourth-order valence-electron chi connectivity index (χ4n) is 1.65. The maximum Gasteiger partial charge on any atom is -0.00672 e. The summed E-state index contributed by atoms with van der Waals surface area (Å²) in [6, 6.07) is 6.53. The van der Waals surface area contributed by atoms with Crippen LogP contribution in [0.1, 0.15) is 30.5 Å². The molecule has 0 fully saturated rings. The number of hydrogen-bond acceptors (Lipinski definition) is 0. The Bertz CT molecular complexity index is 308. The molecule has 0 saturated carbocycles. The second kappa shape index (κ2) is 4.27. The predicted octanol–water partition coefficient (Wildman–Crippen LogP) is 3.68. The maximum absolute atomic E-state index is 3.97. The Morgan fingerprint density at radius 2 is 2.08 bits per heavy atom. The molecule has 0 atom stereocenters. The van der Waals surface area contributed by atoms with Crippen molar-refractivity contribution in [3.8, 4) is 0 Å². The standard InChI is InChI=1S/C13H18/c1-5-12-8-6-7-11(4)13(12)9-10(2)3/h6-8H,2,5,9H2,1,3-4H3. The van der Waals surface area contributed by atoms with Crippen molar-refractivity contribution in [2.24, 2.45) is 0 Å². The highest BCUT2D eigenvalue weighted by Crippen LogP contribution is 2.17. The first-order valence-electron chi connectivity index (χ1n) is 4.87. The van der Waals surface area contributed by atoms with Gasteiger partial charge < -0.3 is 0 Å². The predicted molar refractivity (Wildman–Crippen MR) is 59.1 cm³/mol. The van der Waals surface area contributed by atoms with E-state index in [1.807, 2.05) is 0 Å². The summed E-state index contributed by atoms with van der Waals surface area (Å²) in [5.41, 5.74) is 5.56. The first kappa shape index (κ1) is 10.0. The molecule has 0 N–H and O–H groups in total. The molecule has 70 valence electrons. The molecule has 0 heterocycles. The second-order valence-electron chi connectivity index (χ2n) is 3.70. The third-order valence-corrected chi connectivity index (χ3v) is 2.37. The van der Waals surface area contributed by atoms with E-state index in [-0.39, 0.29) is 0 Å². The van der Waals surface area contributed by atoms with Crippen molar-refractivity contribution in [1.82, 2.24) is 0 Å². The minimum Gasteiger partial charge on any atom is -0.0998 e. The molecule has 0 aliphatic rings. The van der Waals surface area contributed by atoms with Gasteiger partial charge in [0.15, 0.2) is 0 Å². The molecule has 0 aliphatic carbocycles. The minimum atomic E-state index is 1.02. The molecule has 1 aromatic rings. The van der Waals surface area contributed by atoms with Gasteiger partial charge in [-0.05, 0) is 43.4 Å². The molecular weight excluding hydrogens is 156 g/mol. The highest BCUT2D eigenvalue weighted by molar-refractivity contribution is 5.36. The lowest BCUT2D eigenvalue weighted by molar-refractivity contribution is 1.03. The maximum atomic E-state index is 3.97. The summed E-state index contributed by atoms with van der Waals surface area (Å²) < 4.78 is 0. The van der Waals surface area contributed by atoms with Gasteiger partial charge in [-0.3, -0.25) is 0 Å². The largest absolute Gasteiger partial charge is 0.0998 e. The van der Waals surface area contributed by atoms with Gasteiger partial charge in [-0.1, -0.05) is 37.3 Å². The molecule has 0 aromatic heterocycles. The minimum absolute atomic E-state index is 1.02. The highest BCUT2D eigenvalue weighted by atomic mass is 14.1. The van der Waals surface area contributed by atoms with Gasteiger partial charge >= 0.3 is 0 Å². The van der Waals surface area contributed by atoms with Gasteiger partial charge in [0.05, 0.1) is 0 Å². The smallest absolute Gasteiger partial charge is 0.00672 e. The Kier molecular flexibility index (Phi) is 3.30. The number of aryl methyl sites for hydroxylation is 2. The van der Waals surface area contributed by atoms with Crippen molar-refractivity contribution in [3.63, 3.8) is 0 Å². The van der Waals surface area contributed by atoms with Gasteiger partial charge in [0.1, 0.15) is 0 Å². The molecule has 1 rings (SSSR count). The van der Waals surface area contributed by atoms with Crippen LogP contribution >= 0.6 is 0 Å². The zero-order chi connectivity index (χ0) is 9.84. The first-order chi connectivity index (χ1) is 6.15. The summed E-state index contributed by atoms with van der Waals surface area (Å²) in [5, 5.41) is 0. The third kappa shape index (κ3) is 2.45. The zero-order valence-electron chi connectivity index (χ0n) is 8.85. The van der Waals surface area contributed by atoms with Crippen LogP contribution in [0.2, 0.25) is 0 Å². The van der Waals surface area contributed by atoms with Crippen LogP contribution in [0.3, 0.4) is 0 Å². The SMILES string of the molecule is C=C(C)Cc1c(C)cccc1CC. The Morgan fingerprint density at radius 1 is 1.38 bits per heavy atom. The van der Waals surface area contributed by atoms with E-state index in [2.05, 4.69) is 45.5 Å². The van der Waals surface area contributed by atoms with E-state index >= 15 is 0 Å². The van der Waals surface area contributed by atoms with Crippen molar-refractivity contribution in [2.45, 2.75) is 33.6 Å². The van der Waals surface area contributed by atoms with Gasteiger partial charge in [0, 0.05) is 0 Å². The Balaban J connectivity index is 3.07. The van der Waals surface area contributed by atoms with Crippen LogP contribution in [-0.4, -0.2) is 0 Å². The van der Waals surface area contributed by atoms with Crippen molar-refractivity contribution in [2.75, 3.05) is 0 Å². The van der Waals surface area contributed by atoms with Crippen LogP contribution < -0.4 is 0 Å². The number of benzene rings is 1. The molecule has 13 heavy (non-hydrogen) atoms.